The third-order valence-corrected chi connectivity index (χ3v) is 8.66. The van der Waals surface area contributed by atoms with Crippen LogP contribution in [0.25, 0.3) is 0 Å². The molecule has 0 radical (unpaired) electrons. The topological polar surface area (TPSA) is 26.7 Å². The van der Waals surface area contributed by atoms with Gasteiger partial charge in [0.25, 0.3) is 0 Å². The van der Waals surface area contributed by atoms with Crippen LogP contribution in [-0.4, -0.2) is 30.3 Å². The number of para-hydroxylation sites is 1. The SMILES string of the molecule is CC1C(O)c2cc(C3c4ccccc4N(C)C(C)(C)C3C)ccc2N(C)C1(C)C. The minimum Gasteiger partial charge on any atom is -0.388 e. The van der Waals surface area contributed by atoms with Gasteiger partial charge in [-0.3, -0.25) is 0 Å². The first-order chi connectivity index (χ1) is 13.5. The lowest BCUT2D eigenvalue weighted by Crippen LogP contribution is -2.53. The molecule has 0 spiro atoms. The molecule has 4 unspecified atom stereocenters. The highest BCUT2D eigenvalue weighted by Crippen LogP contribution is 2.51. The van der Waals surface area contributed by atoms with Crippen molar-refractivity contribution in [1.29, 1.82) is 0 Å². The van der Waals surface area contributed by atoms with Crippen LogP contribution in [0.1, 0.15) is 70.3 Å². The summed E-state index contributed by atoms with van der Waals surface area (Å²) >= 11 is 0. The van der Waals surface area contributed by atoms with Gasteiger partial charge >= 0.3 is 0 Å². The first kappa shape index (κ1) is 20.3. The minimum absolute atomic E-state index is 0.0413. The number of fused-ring (bicyclic) bond motifs is 2. The minimum atomic E-state index is -0.444. The first-order valence-corrected chi connectivity index (χ1v) is 10.9. The standard InChI is InChI=1S/C26H36N2O/c1-16-23(19-11-9-10-12-21(19)27(7)25(16,3)4)18-13-14-22-20(15-18)24(29)17(2)26(5,6)28(22)8/h9-17,23-24,29H,1-8H3. The van der Waals surface area contributed by atoms with Crippen molar-refractivity contribution in [2.75, 3.05) is 23.9 Å². The van der Waals surface area contributed by atoms with Crippen molar-refractivity contribution in [2.45, 2.75) is 64.6 Å². The van der Waals surface area contributed by atoms with Crippen molar-refractivity contribution in [1.82, 2.24) is 0 Å². The van der Waals surface area contributed by atoms with Crippen LogP contribution < -0.4 is 9.80 Å². The number of hydrogen-bond acceptors (Lipinski definition) is 3. The van der Waals surface area contributed by atoms with Crippen LogP contribution in [0, 0.1) is 11.8 Å². The lowest BCUT2D eigenvalue weighted by atomic mass is 9.67. The van der Waals surface area contributed by atoms with E-state index >= 15 is 0 Å². The molecule has 156 valence electrons. The molecular formula is C26H36N2O. The number of rotatable bonds is 1. The molecule has 2 heterocycles. The van der Waals surface area contributed by atoms with Crippen LogP contribution in [0.15, 0.2) is 42.5 Å². The summed E-state index contributed by atoms with van der Waals surface area (Å²) in [6.07, 6.45) is -0.444. The van der Waals surface area contributed by atoms with Gasteiger partial charge in [0, 0.05) is 53.9 Å². The monoisotopic (exact) mass is 392 g/mol. The van der Waals surface area contributed by atoms with Gasteiger partial charge in [0.05, 0.1) is 6.10 Å². The highest BCUT2D eigenvalue weighted by atomic mass is 16.3. The Morgan fingerprint density at radius 2 is 1.31 bits per heavy atom. The predicted octanol–water partition coefficient (Wildman–Crippen LogP) is 5.58. The fourth-order valence-corrected chi connectivity index (χ4v) is 5.40. The van der Waals surface area contributed by atoms with Gasteiger partial charge in [-0.1, -0.05) is 44.2 Å². The zero-order valence-electron chi connectivity index (χ0n) is 19.2. The molecular weight excluding hydrogens is 356 g/mol. The number of aliphatic hydroxyl groups is 1. The van der Waals surface area contributed by atoms with Gasteiger partial charge in [-0.15, -0.1) is 0 Å². The fraction of sp³-hybridized carbons (Fsp3) is 0.538. The molecule has 1 N–H and O–H groups in total. The Balaban J connectivity index is 1.87. The summed E-state index contributed by atoms with van der Waals surface area (Å²) in [7, 11) is 4.36. The smallest absolute Gasteiger partial charge is 0.0857 e. The Bertz CT molecular complexity index is 932. The second-order valence-electron chi connectivity index (χ2n) is 10.3. The molecule has 2 aromatic carbocycles. The fourth-order valence-electron chi connectivity index (χ4n) is 5.40. The molecule has 2 aliphatic rings. The second-order valence-corrected chi connectivity index (χ2v) is 10.3. The maximum Gasteiger partial charge on any atom is 0.0857 e. The summed E-state index contributed by atoms with van der Waals surface area (Å²) in [6.45, 7) is 13.6. The van der Waals surface area contributed by atoms with Crippen LogP contribution in [0.5, 0.6) is 0 Å². The van der Waals surface area contributed by atoms with Gasteiger partial charge in [-0.25, -0.2) is 0 Å². The molecule has 0 saturated heterocycles. The molecule has 0 amide bonds. The van der Waals surface area contributed by atoms with Crippen LogP contribution in [0.3, 0.4) is 0 Å². The number of hydrogen-bond donors (Lipinski definition) is 1. The molecule has 0 saturated carbocycles. The summed E-state index contributed by atoms with van der Waals surface area (Å²) < 4.78 is 0. The lowest BCUT2D eigenvalue weighted by Gasteiger charge is -2.52. The Morgan fingerprint density at radius 3 is 1.97 bits per heavy atom. The zero-order chi connectivity index (χ0) is 21.3. The summed E-state index contributed by atoms with van der Waals surface area (Å²) in [6, 6.07) is 15.6. The average Bonchev–Trinajstić information content (AvgIpc) is 2.70. The van der Waals surface area contributed by atoms with Gasteiger partial charge < -0.3 is 14.9 Å². The largest absolute Gasteiger partial charge is 0.388 e. The van der Waals surface area contributed by atoms with E-state index in [2.05, 4.69) is 108 Å². The van der Waals surface area contributed by atoms with Crippen molar-refractivity contribution in [2.24, 2.45) is 11.8 Å². The molecule has 29 heavy (non-hydrogen) atoms. The Labute approximate surface area is 176 Å². The maximum atomic E-state index is 11.2. The van der Waals surface area contributed by atoms with Gasteiger partial charge in [0.2, 0.25) is 0 Å². The first-order valence-electron chi connectivity index (χ1n) is 10.9. The van der Waals surface area contributed by atoms with Crippen LogP contribution in [0.2, 0.25) is 0 Å². The van der Waals surface area contributed by atoms with Crippen molar-refractivity contribution < 1.29 is 5.11 Å². The van der Waals surface area contributed by atoms with E-state index in [-0.39, 0.29) is 17.0 Å². The molecule has 3 nitrogen and oxygen atoms in total. The number of benzene rings is 2. The molecule has 0 aromatic heterocycles. The molecule has 3 heteroatoms. The Hall–Kier alpha value is -2.00. The van der Waals surface area contributed by atoms with Gasteiger partial charge in [-0.2, -0.15) is 0 Å². The molecule has 0 fully saturated rings. The number of aliphatic hydroxyl groups excluding tert-OH is 1. The van der Waals surface area contributed by atoms with Crippen molar-refractivity contribution in [3.63, 3.8) is 0 Å². The maximum absolute atomic E-state index is 11.2. The quantitative estimate of drug-likeness (QED) is 0.686. The van der Waals surface area contributed by atoms with E-state index in [1.54, 1.807) is 0 Å². The van der Waals surface area contributed by atoms with Gasteiger partial charge in [0.15, 0.2) is 0 Å². The zero-order valence-corrected chi connectivity index (χ0v) is 19.2. The van der Waals surface area contributed by atoms with E-state index in [0.29, 0.717) is 11.8 Å². The predicted molar refractivity (Wildman–Crippen MR) is 123 cm³/mol. The van der Waals surface area contributed by atoms with E-state index in [1.165, 1.54) is 16.8 Å². The molecule has 2 aromatic rings. The molecule has 0 aliphatic carbocycles. The summed E-state index contributed by atoms with van der Waals surface area (Å²) in [4.78, 5) is 4.76. The van der Waals surface area contributed by atoms with Crippen LogP contribution in [-0.2, 0) is 0 Å². The lowest BCUT2D eigenvalue weighted by molar-refractivity contribution is 0.0689. The Kier molecular flexibility index (Phi) is 4.55. The van der Waals surface area contributed by atoms with E-state index in [9.17, 15) is 5.11 Å². The van der Waals surface area contributed by atoms with Crippen LogP contribution in [0.4, 0.5) is 11.4 Å². The van der Waals surface area contributed by atoms with Crippen molar-refractivity contribution in [3.8, 4) is 0 Å². The van der Waals surface area contributed by atoms with E-state index < -0.39 is 6.10 Å². The summed E-state index contributed by atoms with van der Waals surface area (Å²) in [5, 5.41) is 11.2. The van der Waals surface area contributed by atoms with E-state index in [1.807, 2.05) is 0 Å². The van der Waals surface area contributed by atoms with Crippen molar-refractivity contribution >= 4 is 11.4 Å². The normalized spacial score (nSPS) is 30.0. The van der Waals surface area contributed by atoms with Gasteiger partial charge in [0.1, 0.15) is 0 Å². The van der Waals surface area contributed by atoms with Crippen molar-refractivity contribution in [3.05, 3.63) is 59.2 Å². The second kappa shape index (κ2) is 6.50. The molecule has 0 bridgehead atoms. The molecule has 2 aliphatic heterocycles. The summed E-state index contributed by atoms with van der Waals surface area (Å²) in [5.41, 5.74) is 6.18. The van der Waals surface area contributed by atoms with E-state index in [0.717, 1.165) is 11.3 Å². The number of anilines is 2. The van der Waals surface area contributed by atoms with Gasteiger partial charge in [-0.05, 0) is 56.9 Å². The summed E-state index contributed by atoms with van der Waals surface area (Å²) in [5.74, 6) is 0.909. The molecule has 4 atom stereocenters. The van der Waals surface area contributed by atoms with E-state index in [4.69, 9.17) is 0 Å². The molecule has 4 rings (SSSR count). The Morgan fingerprint density at radius 1 is 0.759 bits per heavy atom. The highest BCUT2D eigenvalue weighted by Gasteiger charge is 2.45. The third kappa shape index (κ3) is 2.73. The van der Waals surface area contributed by atoms with Crippen LogP contribution >= 0.6 is 0 Å². The third-order valence-electron chi connectivity index (χ3n) is 8.66. The average molecular weight is 393 g/mol. The number of nitrogens with zero attached hydrogens (tertiary/aromatic N) is 2. The highest BCUT2D eigenvalue weighted by molar-refractivity contribution is 5.65.